The highest BCUT2D eigenvalue weighted by Gasteiger charge is 2.13. The van der Waals surface area contributed by atoms with Crippen molar-refractivity contribution in [1.29, 1.82) is 0 Å². The number of thiocarbonyl (C=S) groups is 1. The summed E-state index contributed by atoms with van der Waals surface area (Å²) in [6.45, 7) is 0. The van der Waals surface area contributed by atoms with E-state index in [2.05, 4.69) is 15.8 Å². The number of nitrogens with one attached hydrogen (secondary N) is 2. The molecule has 112 valence electrons. The maximum Gasteiger partial charge on any atom is 0.335 e. The van der Waals surface area contributed by atoms with Crippen LogP contribution in [0, 0.1) is 0 Å². The third-order valence-electron chi connectivity index (χ3n) is 3.45. The number of rotatable bonds is 4. The first kappa shape index (κ1) is 15.4. The van der Waals surface area contributed by atoms with Crippen molar-refractivity contribution in [3.8, 4) is 0 Å². The second-order valence-electron chi connectivity index (χ2n) is 5.11. The van der Waals surface area contributed by atoms with Crippen LogP contribution in [-0.4, -0.2) is 28.4 Å². The van der Waals surface area contributed by atoms with Gasteiger partial charge in [-0.1, -0.05) is 31.4 Å². The van der Waals surface area contributed by atoms with Crippen LogP contribution in [-0.2, 0) is 0 Å². The Morgan fingerprint density at radius 2 is 2.10 bits per heavy atom. The van der Waals surface area contributed by atoms with Gasteiger partial charge in [0.25, 0.3) is 0 Å². The first-order valence-electron chi connectivity index (χ1n) is 7.08. The van der Waals surface area contributed by atoms with Gasteiger partial charge in [0.2, 0.25) is 0 Å². The Balaban J connectivity index is 1.82. The summed E-state index contributed by atoms with van der Waals surface area (Å²) in [7, 11) is 0. The van der Waals surface area contributed by atoms with Crippen molar-refractivity contribution in [2.24, 2.45) is 5.10 Å². The minimum Gasteiger partial charge on any atom is -0.478 e. The van der Waals surface area contributed by atoms with Crippen LogP contribution in [0.25, 0.3) is 0 Å². The summed E-state index contributed by atoms with van der Waals surface area (Å²) in [5.41, 5.74) is 3.72. The predicted molar refractivity (Wildman–Crippen MR) is 86.7 cm³/mol. The molecule has 2 rings (SSSR count). The van der Waals surface area contributed by atoms with Crippen LogP contribution in [0.15, 0.2) is 29.4 Å². The molecule has 0 atom stereocenters. The van der Waals surface area contributed by atoms with Gasteiger partial charge in [-0.05, 0) is 42.8 Å². The van der Waals surface area contributed by atoms with Crippen LogP contribution < -0.4 is 10.7 Å². The molecule has 0 spiro atoms. The number of aromatic carboxylic acids is 1. The molecule has 1 fully saturated rings. The van der Waals surface area contributed by atoms with Crippen molar-refractivity contribution >= 4 is 29.5 Å². The van der Waals surface area contributed by atoms with E-state index in [1.807, 2.05) is 0 Å². The Bertz CT molecular complexity index is 539. The zero-order chi connectivity index (χ0) is 15.1. The van der Waals surface area contributed by atoms with Gasteiger partial charge in [0.15, 0.2) is 5.11 Å². The molecule has 0 amide bonds. The SMILES string of the molecule is O=C(O)c1cccc(/C=N/NC(=S)NC2CCCCC2)c1. The topological polar surface area (TPSA) is 73.7 Å². The molecule has 1 saturated carbocycles. The molecule has 0 aromatic heterocycles. The zero-order valence-corrected chi connectivity index (χ0v) is 12.5. The predicted octanol–water partition coefficient (Wildman–Crippen LogP) is 2.52. The molecule has 0 saturated heterocycles. The lowest BCUT2D eigenvalue weighted by atomic mass is 9.96. The number of nitrogens with zero attached hydrogens (tertiary/aromatic N) is 1. The highest BCUT2D eigenvalue weighted by molar-refractivity contribution is 7.80. The number of hydrogen-bond donors (Lipinski definition) is 3. The summed E-state index contributed by atoms with van der Waals surface area (Å²) in [5, 5.41) is 16.7. The Kier molecular flexibility index (Phi) is 5.68. The van der Waals surface area contributed by atoms with Crippen LogP contribution >= 0.6 is 12.2 Å². The van der Waals surface area contributed by atoms with Gasteiger partial charge in [0.05, 0.1) is 11.8 Å². The first-order chi connectivity index (χ1) is 10.1. The van der Waals surface area contributed by atoms with Gasteiger partial charge in [-0.25, -0.2) is 4.79 Å². The maximum absolute atomic E-state index is 10.9. The summed E-state index contributed by atoms with van der Waals surface area (Å²) in [5.74, 6) is -0.951. The second-order valence-corrected chi connectivity index (χ2v) is 5.52. The van der Waals surface area contributed by atoms with E-state index in [0.29, 0.717) is 16.7 Å². The van der Waals surface area contributed by atoms with Crippen molar-refractivity contribution in [3.63, 3.8) is 0 Å². The van der Waals surface area contributed by atoms with E-state index in [1.165, 1.54) is 19.3 Å². The van der Waals surface area contributed by atoms with E-state index in [4.69, 9.17) is 17.3 Å². The lowest BCUT2D eigenvalue weighted by Crippen LogP contribution is -2.40. The van der Waals surface area contributed by atoms with Crippen molar-refractivity contribution in [3.05, 3.63) is 35.4 Å². The molecule has 0 radical (unpaired) electrons. The molecule has 1 aliphatic carbocycles. The fraction of sp³-hybridized carbons (Fsp3) is 0.400. The van der Waals surface area contributed by atoms with Gasteiger partial charge in [-0.3, -0.25) is 5.43 Å². The molecule has 0 bridgehead atoms. The first-order valence-corrected chi connectivity index (χ1v) is 7.49. The van der Waals surface area contributed by atoms with Crippen LogP contribution in [0.4, 0.5) is 0 Å². The summed E-state index contributed by atoms with van der Waals surface area (Å²) < 4.78 is 0. The summed E-state index contributed by atoms with van der Waals surface area (Å²) in [4.78, 5) is 10.9. The lowest BCUT2D eigenvalue weighted by Gasteiger charge is -2.23. The van der Waals surface area contributed by atoms with Crippen molar-refractivity contribution in [2.45, 2.75) is 38.1 Å². The van der Waals surface area contributed by atoms with E-state index in [1.54, 1.807) is 30.5 Å². The molecule has 0 aliphatic heterocycles. The van der Waals surface area contributed by atoms with Crippen LogP contribution in [0.5, 0.6) is 0 Å². The quantitative estimate of drug-likeness (QED) is 0.453. The molecule has 3 N–H and O–H groups in total. The van der Waals surface area contributed by atoms with Crippen molar-refractivity contribution in [2.75, 3.05) is 0 Å². The largest absolute Gasteiger partial charge is 0.478 e. The molecule has 5 nitrogen and oxygen atoms in total. The molecule has 6 heteroatoms. The highest BCUT2D eigenvalue weighted by Crippen LogP contribution is 2.17. The van der Waals surface area contributed by atoms with Gasteiger partial charge < -0.3 is 10.4 Å². The Morgan fingerprint density at radius 1 is 1.33 bits per heavy atom. The standard InChI is InChI=1S/C15H19N3O2S/c19-14(20)12-6-4-5-11(9-12)10-16-18-15(21)17-13-7-2-1-3-8-13/h4-6,9-10,13H,1-3,7-8H2,(H,19,20)(H2,17,18,21)/b16-10+. The normalized spacial score (nSPS) is 15.8. The minimum absolute atomic E-state index is 0.238. The minimum atomic E-state index is -0.951. The Morgan fingerprint density at radius 3 is 2.81 bits per heavy atom. The number of carboxylic acid groups (broad SMARTS) is 1. The number of hydrazone groups is 1. The van der Waals surface area contributed by atoms with E-state index in [-0.39, 0.29) is 5.56 Å². The van der Waals surface area contributed by atoms with E-state index in [9.17, 15) is 4.79 Å². The Hall–Kier alpha value is -1.95. The summed E-state index contributed by atoms with van der Waals surface area (Å²) in [6.07, 6.45) is 7.63. The molecule has 0 heterocycles. The fourth-order valence-electron chi connectivity index (χ4n) is 2.38. The van der Waals surface area contributed by atoms with E-state index >= 15 is 0 Å². The molecular weight excluding hydrogens is 286 g/mol. The number of benzene rings is 1. The van der Waals surface area contributed by atoms with Crippen molar-refractivity contribution in [1.82, 2.24) is 10.7 Å². The summed E-state index contributed by atoms with van der Waals surface area (Å²) in [6, 6.07) is 7.01. The van der Waals surface area contributed by atoms with Crippen molar-refractivity contribution < 1.29 is 9.90 Å². The van der Waals surface area contributed by atoms with E-state index in [0.717, 1.165) is 12.8 Å². The molecule has 21 heavy (non-hydrogen) atoms. The van der Waals surface area contributed by atoms with Gasteiger partial charge in [-0.2, -0.15) is 5.10 Å². The zero-order valence-electron chi connectivity index (χ0n) is 11.7. The van der Waals surface area contributed by atoms with Gasteiger partial charge in [0, 0.05) is 6.04 Å². The maximum atomic E-state index is 10.9. The van der Waals surface area contributed by atoms with Crippen LogP contribution in [0.1, 0.15) is 48.0 Å². The number of carbonyl (C=O) groups is 1. The molecule has 1 aliphatic rings. The van der Waals surface area contributed by atoms with Gasteiger partial charge in [0.1, 0.15) is 0 Å². The van der Waals surface area contributed by atoms with Crippen LogP contribution in [0.3, 0.4) is 0 Å². The second kappa shape index (κ2) is 7.73. The number of carboxylic acids is 1. The summed E-state index contributed by atoms with van der Waals surface area (Å²) >= 11 is 5.19. The third kappa shape index (κ3) is 5.15. The third-order valence-corrected chi connectivity index (χ3v) is 3.66. The van der Waals surface area contributed by atoms with Crippen LogP contribution in [0.2, 0.25) is 0 Å². The Labute approximate surface area is 129 Å². The van der Waals surface area contributed by atoms with Gasteiger partial charge >= 0.3 is 5.97 Å². The number of hydrogen-bond acceptors (Lipinski definition) is 3. The molecular formula is C15H19N3O2S. The molecule has 0 unspecified atom stereocenters. The fourth-order valence-corrected chi connectivity index (χ4v) is 2.60. The van der Waals surface area contributed by atoms with Gasteiger partial charge in [-0.15, -0.1) is 0 Å². The lowest BCUT2D eigenvalue weighted by molar-refractivity contribution is 0.0697. The van der Waals surface area contributed by atoms with E-state index < -0.39 is 5.97 Å². The monoisotopic (exact) mass is 305 g/mol. The molecule has 1 aromatic rings. The average Bonchev–Trinajstić information content (AvgIpc) is 2.48. The highest BCUT2D eigenvalue weighted by atomic mass is 32.1. The smallest absolute Gasteiger partial charge is 0.335 e. The molecule has 1 aromatic carbocycles. The average molecular weight is 305 g/mol.